The Bertz CT molecular complexity index is 922. The number of carbonyl (C=O) groups excluding carboxylic acids is 2. The van der Waals surface area contributed by atoms with Crippen LogP contribution in [0.25, 0.3) is 0 Å². The number of carbonyl (C=O) groups is 2. The summed E-state index contributed by atoms with van der Waals surface area (Å²) in [6, 6.07) is 5.69. The van der Waals surface area contributed by atoms with E-state index >= 15 is 0 Å². The normalized spacial score (nSPS) is 15.2. The van der Waals surface area contributed by atoms with Gasteiger partial charge in [-0.2, -0.15) is 0 Å². The Labute approximate surface area is 171 Å². The predicted octanol–water partition coefficient (Wildman–Crippen LogP) is 3.51. The van der Waals surface area contributed by atoms with Crippen molar-refractivity contribution in [3.8, 4) is 0 Å². The number of nitrogens with one attached hydrogen (secondary N) is 1. The monoisotopic (exact) mass is 417 g/mol. The van der Waals surface area contributed by atoms with Crippen molar-refractivity contribution in [1.29, 1.82) is 0 Å². The van der Waals surface area contributed by atoms with Gasteiger partial charge in [-0.1, -0.05) is 43.5 Å². The molecule has 1 aliphatic rings. The van der Waals surface area contributed by atoms with Gasteiger partial charge in [-0.3, -0.25) is 15.5 Å². The van der Waals surface area contributed by atoms with Crippen molar-refractivity contribution in [2.45, 2.75) is 12.8 Å². The number of nitro groups is 1. The molecule has 1 aliphatic heterocycles. The van der Waals surface area contributed by atoms with Crippen molar-refractivity contribution < 1.29 is 33.5 Å². The highest BCUT2D eigenvalue weighted by Crippen LogP contribution is 2.37. The number of allylic oxidation sites excluding steroid dienone is 1. The topological polar surface area (TPSA) is 139 Å². The fourth-order valence-electron chi connectivity index (χ4n) is 2.46. The Morgan fingerprint density at radius 1 is 1.17 bits per heavy atom. The number of hydrogen-bond acceptors (Lipinski definition) is 10. The van der Waals surface area contributed by atoms with Crippen molar-refractivity contribution in [2.24, 2.45) is 5.10 Å². The first-order chi connectivity index (χ1) is 14.4. The van der Waals surface area contributed by atoms with Gasteiger partial charge < -0.3 is 18.9 Å². The lowest BCUT2D eigenvalue weighted by atomic mass is 9.93. The van der Waals surface area contributed by atoms with Crippen LogP contribution in [0.4, 0.5) is 15.3 Å². The van der Waals surface area contributed by atoms with Crippen LogP contribution in [0.3, 0.4) is 0 Å². The molecule has 0 aliphatic carbocycles. The van der Waals surface area contributed by atoms with Crippen molar-refractivity contribution in [1.82, 2.24) is 5.43 Å². The third-order valence-corrected chi connectivity index (χ3v) is 3.68. The molecule has 30 heavy (non-hydrogen) atoms. The molecule has 0 saturated carbocycles. The molecule has 0 bridgehead atoms. The first-order valence-electron chi connectivity index (χ1n) is 8.57. The molecule has 1 atom stereocenters. The molecule has 11 heteroatoms. The zero-order valence-electron chi connectivity index (χ0n) is 16.0. The summed E-state index contributed by atoms with van der Waals surface area (Å²) < 4.78 is 20.0. The van der Waals surface area contributed by atoms with E-state index in [4.69, 9.17) is 18.9 Å². The van der Waals surface area contributed by atoms with Crippen molar-refractivity contribution >= 4 is 23.9 Å². The second-order valence-electron chi connectivity index (χ2n) is 5.70. The molecule has 11 nitrogen and oxygen atoms in total. The van der Waals surface area contributed by atoms with Crippen molar-refractivity contribution in [2.75, 3.05) is 13.2 Å². The molecule has 0 radical (unpaired) electrons. The summed E-state index contributed by atoms with van der Waals surface area (Å²) in [5, 5.41) is 15.5. The van der Waals surface area contributed by atoms with Crippen LogP contribution in [0.1, 0.15) is 18.4 Å². The molecule has 1 heterocycles. The van der Waals surface area contributed by atoms with Crippen LogP contribution in [0.5, 0.6) is 0 Å². The molecule has 1 aromatic carbocycles. The van der Waals surface area contributed by atoms with Gasteiger partial charge in [0.15, 0.2) is 0 Å². The molecular weight excluding hydrogens is 398 g/mol. The summed E-state index contributed by atoms with van der Waals surface area (Å²) in [4.78, 5) is 34.8. The first kappa shape index (κ1) is 22.1. The quantitative estimate of drug-likeness (QED) is 0.305. The zero-order chi connectivity index (χ0) is 22.1. The van der Waals surface area contributed by atoms with Gasteiger partial charge in [0, 0.05) is 11.6 Å². The highest BCUT2D eigenvalue weighted by Gasteiger charge is 2.38. The van der Waals surface area contributed by atoms with Gasteiger partial charge in [0.1, 0.15) is 24.9 Å². The van der Waals surface area contributed by atoms with Gasteiger partial charge >= 0.3 is 12.3 Å². The summed E-state index contributed by atoms with van der Waals surface area (Å²) in [6.45, 7) is 8.13. The van der Waals surface area contributed by atoms with Gasteiger partial charge in [-0.25, -0.2) is 9.59 Å². The number of nitro benzene ring substituents is 1. The number of nitrogens with zero attached hydrogens (tertiary/aromatic N) is 2. The number of ether oxygens (including phenoxy) is 4. The molecular formula is C19H19N3O8. The Hall–Kier alpha value is -4.15. The summed E-state index contributed by atoms with van der Waals surface area (Å²) in [5.74, 6) is -1.63. The van der Waals surface area contributed by atoms with Crippen molar-refractivity contribution in [3.63, 3.8) is 0 Å². The smallest absolute Gasteiger partial charge is 0.430 e. The molecule has 0 amide bonds. The summed E-state index contributed by atoms with van der Waals surface area (Å²) in [6.07, 6.45) is 0.472. The van der Waals surface area contributed by atoms with Crippen LogP contribution < -0.4 is 5.43 Å². The molecule has 0 saturated heterocycles. The van der Waals surface area contributed by atoms with Gasteiger partial charge in [0.05, 0.1) is 10.6 Å². The Morgan fingerprint density at radius 2 is 1.77 bits per heavy atom. The van der Waals surface area contributed by atoms with E-state index in [-0.39, 0.29) is 41.8 Å². The lowest BCUT2D eigenvalue weighted by Crippen LogP contribution is -2.32. The third kappa shape index (κ3) is 5.44. The number of rotatable bonds is 7. The van der Waals surface area contributed by atoms with Gasteiger partial charge in [-0.05, 0) is 6.92 Å². The maximum Gasteiger partial charge on any atom is 0.515 e. The average Bonchev–Trinajstić information content (AvgIpc) is 2.73. The average molecular weight is 417 g/mol. The number of hydrogen-bond donors (Lipinski definition) is 1. The van der Waals surface area contributed by atoms with E-state index in [1.807, 2.05) is 0 Å². The van der Waals surface area contributed by atoms with E-state index < -0.39 is 23.2 Å². The minimum atomic E-state index is -1.21. The number of para-hydroxylation sites is 1. The molecule has 0 spiro atoms. The van der Waals surface area contributed by atoms with Crippen LogP contribution in [0.15, 0.2) is 66.1 Å². The van der Waals surface area contributed by atoms with Gasteiger partial charge in [0.25, 0.3) is 5.69 Å². The Morgan fingerprint density at radius 3 is 2.37 bits per heavy atom. The van der Waals surface area contributed by atoms with E-state index in [1.165, 1.54) is 37.3 Å². The SMILES string of the molecule is C=CCOC(=O)OC1=NNC(C)=C(OC(=O)OCC=C)C1c1ccccc1[N+](=O)[O-]. The van der Waals surface area contributed by atoms with Crippen LogP contribution >= 0.6 is 0 Å². The summed E-state index contributed by atoms with van der Waals surface area (Å²) in [5.41, 5.74) is 2.57. The minimum Gasteiger partial charge on any atom is -0.430 e. The molecule has 0 aromatic heterocycles. The van der Waals surface area contributed by atoms with Crippen molar-refractivity contribution in [3.05, 3.63) is 76.7 Å². The molecule has 1 N–H and O–H groups in total. The standard InChI is InChI=1S/C19H19N3O8/c1-4-10-27-18(23)29-16-12(3)20-21-17(30-19(24)28-11-5-2)15(16)13-8-6-7-9-14(13)22(25)26/h4-9,15,20H,1-2,10-11H2,3H3. The van der Waals surface area contributed by atoms with Crippen LogP contribution in [0.2, 0.25) is 0 Å². The first-order valence-corrected chi connectivity index (χ1v) is 8.57. The zero-order valence-corrected chi connectivity index (χ0v) is 16.0. The Balaban J connectivity index is 2.47. The lowest BCUT2D eigenvalue weighted by Gasteiger charge is -2.26. The van der Waals surface area contributed by atoms with E-state index in [0.717, 1.165) is 0 Å². The van der Waals surface area contributed by atoms with Crippen LogP contribution in [-0.4, -0.2) is 36.3 Å². The second-order valence-corrected chi connectivity index (χ2v) is 5.70. The predicted molar refractivity (Wildman–Crippen MR) is 104 cm³/mol. The minimum absolute atomic E-state index is 0.0742. The largest absolute Gasteiger partial charge is 0.515 e. The Kier molecular flexibility index (Phi) is 7.68. The molecule has 2 rings (SSSR count). The van der Waals surface area contributed by atoms with E-state index in [0.29, 0.717) is 0 Å². The fraction of sp³-hybridized carbons (Fsp3) is 0.211. The highest BCUT2D eigenvalue weighted by molar-refractivity contribution is 5.94. The van der Waals surface area contributed by atoms with Gasteiger partial charge in [-0.15, -0.1) is 5.10 Å². The number of hydrazone groups is 1. The van der Waals surface area contributed by atoms with E-state index in [9.17, 15) is 19.7 Å². The summed E-state index contributed by atoms with van der Waals surface area (Å²) in [7, 11) is 0. The number of benzene rings is 1. The van der Waals surface area contributed by atoms with Crippen LogP contribution in [-0.2, 0) is 18.9 Å². The molecule has 1 unspecified atom stereocenters. The second kappa shape index (κ2) is 10.4. The van der Waals surface area contributed by atoms with Crippen LogP contribution in [0, 0.1) is 10.1 Å². The van der Waals surface area contributed by atoms with Gasteiger partial charge in [0.2, 0.25) is 5.90 Å². The summed E-state index contributed by atoms with van der Waals surface area (Å²) >= 11 is 0. The lowest BCUT2D eigenvalue weighted by molar-refractivity contribution is -0.385. The molecule has 0 fully saturated rings. The maximum atomic E-state index is 12.0. The van der Waals surface area contributed by atoms with E-state index in [2.05, 4.69) is 23.7 Å². The maximum absolute atomic E-state index is 12.0. The highest BCUT2D eigenvalue weighted by atomic mass is 16.7. The third-order valence-electron chi connectivity index (χ3n) is 3.68. The molecule has 1 aromatic rings. The fourth-order valence-corrected chi connectivity index (χ4v) is 2.46. The molecule has 158 valence electrons. The van der Waals surface area contributed by atoms with E-state index in [1.54, 1.807) is 6.07 Å².